The van der Waals surface area contributed by atoms with Crippen molar-refractivity contribution in [2.24, 2.45) is 10.7 Å². The van der Waals surface area contributed by atoms with Crippen molar-refractivity contribution in [2.75, 3.05) is 11.9 Å². The second kappa shape index (κ2) is 7.53. The van der Waals surface area contributed by atoms with E-state index in [1.54, 1.807) is 19.1 Å². The van der Waals surface area contributed by atoms with Gasteiger partial charge >= 0.3 is 0 Å². The average molecular weight is 359 g/mol. The molecule has 6 nitrogen and oxygen atoms in total. The molecule has 0 saturated heterocycles. The number of benzene rings is 1. The number of carbonyl (C=O) groups is 1. The van der Waals surface area contributed by atoms with Crippen LogP contribution < -0.4 is 11.1 Å². The van der Waals surface area contributed by atoms with Gasteiger partial charge in [0.05, 0.1) is 6.04 Å². The summed E-state index contributed by atoms with van der Waals surface area (Å²) in [5, 5.41) is 3.32. The summed E-state index contributed by atoms with van der Waals surface area (Å²) in [6.45, 7) is 2.34. The Labute approximate surface area is 151 Å². The van der Waals surface area contributed by atoms with Gasteiger partial charge in [-0.2, -0.15) is 0 Å². The van der Waals surface area contributed by atoms with Crippen molar-refractivity contribution < 1.29 is 9.53 Å². The molecule has 2 aromatic rings. The summed E-state index contributed by atoms with van der Waals surface area (Å²) in [6.07, 6.45) is 1.74. The molecule has 1 aliphatic heterocycles. The number of hydrogen-bond acceptors (Lipinski definition) is 5. The molecule has 1 aromatic carbocycles. The first kappa shape index (κ1) is 17.2. The first-order valence-corrected chi connectivity index (χ1v) is 8.38. The smallest absolute Gasteiger partial charge is 0.282 e. The molecule has 3 N–H and O–H groups in total. The van der Waals surface area contributed by atoms with Gasteiger partial charge in [-0.25, -0.2) is 9.98 Å². The molecule has 0 radical (unpaired) electrons. The Morgan fingerprint density at radius 2 is 2.12 bits per heavy atom. The van der Waals surface area contributed by atoms with E-state index in [-0.39, 0.29) is 18.0 Å². The number of ether oxygens (including phenoxy) is 1. The Bertz CT molecular complexity index is 785. The molecule has 0 fully saturated rings. The molecule has 7 heteroatoms. The molecular weight excluding hydrogens is 340 g/mol. The van der Waals surface area contributed by atoms with Gasteiger partial charge in [0, 0.05) is 16.4 Å². The average Bonchev–Trinajstić information content (AvgIpc) is 2.99. The Hall–Kier alpha value is -2.60. The van der Waals surface area contributed by atoms with Crippen molar-refractivity contribution in [3.63, 3.8) is 0 Å². The molecule has 0 bridgehead atoms. The number of amidine groups is 1. The van der Waals surface area contributed by atoms with Crippen LogP contribution in [-0.4, -0.2) is 29.6 Å². The van der Waals surface area contributed by atoms with E-state index in [0.717, 1.165) is 18.4 Å². The minimum absolute atomic E-state index is 0.122. The van der Waals surface area contributed by atoms with Crippen molar-refractivity contribution in [3.05, 3.63) is 58.4 Å². The molecule has 1 aromatic heterocycles. The molecule has 0 unspecified atom stereocenters. The SMILES string of the molecule is Cc1cc(Cl)cc(C(=O)Nc2ccc(CC[C@H]3COC(N)=N3)cc2)n1. The molecule has 3 rings (SSSR count). The van der Waals surface area contributed by atoms with E-state index in [1.807, 2.05) is 24.3 Å². The molecule has 1 atom stereocenters. The largest absolute Gasteiger partial charge is 0.463 e. The summed E-state index contributed by atoms with van der Waals surface area (Å²) < 4.78 is 5.14. The van der Waals surface area contributed by atoms with E-state index in [1.165, 1.54) is 0 Å². The number of aromatic nitrogens is 1. The fraction of sp³-hybridized carbons (Fsp3) is 0.278. The highest BCUT2D eigenvalue weighted by molar-refractivity contribution is 6.31. The fourth-order valence-corrected chi connectivity index (χ4v) is 2.87. The summed E-state index contributed by atoms with van der Waals surface area (Å²) in [6, 6.07) is 11.4. The van der Waals surface area contributed by atoms with E-state index in [4.69, 9.17) is 22.1 Å². The van der Waals surface area contributed by atoms with Crippen LogP contribution in [0.3, 0.4) is 0 Å². The van der Waals surface area contributed by atoms with Gasteiger partial charge in [0.15, 0.2) is 0 Å². The highest BCUT2D eigenvalue weighted by atomic mass is 35.5. The summed E-state index contributed by atoms with van der Waals surface area (Å²) >= 11 is 5.97. The number of carbonyl (C=O) groups excluding carboxylic acids is 1. The maximum Gasteiger partial charge on any atom is 0.282 e. The monoisotopic (exact) mass is 358 g/mol. The van der Waals surface area contributed by atoms with Crippen LogP contribution in [0.4, 0.5) is 5.69 Å². The van der Waals surface area contributed by atoms with Crippen LogP contribution in [0, 0.1) is 6.92 Å². The standard InChI is InChI=1S/C18H19ClN4O2/c1-11-8-13(19)9-16(21-11)17(24)22-14-5-2-12(3-6-14)4-7-15-10-25-18(20)23-15/h2-3,5-6,8-9,15H,4,7,10H2,1H3,(H2,20,23)(H,22,24)/t15-/m0/s1. The molecule has 25 heavy (non-hydrogen) atoms. The van der Waals surface area contributed by atoms with Gasteiger partial charge in [0.1, 0.15) is 12.3 Å². The highest BCUT2D eigenvalue weighted by Crippen LogP contribution is 2.16. The minimum Gasteiger partial charge on any atom is -0.463 e. The minimum atomic E-state index is -0.286. The topological polar surface area (TPSA) is 89.6 Å². The molecule has 1 aliphatic rings. The summed E-state index contributed by atoms with van der Waals surface area (Å²) in [7, 11) is 0. The molecule has 0 spiro atoms. The second-order valence-corrected chi connectivity index (χ2v) is 6.37. The molecular formula is C18H19ClN4O2. The third-order valence-corrected chi connectivity index (χ3v) is 4.08. The van der Waals surface area contributed by atoms with Crippen molar-refractivity contribution in [2.45, 2.75) is 25.8 Å². The van der Waals surface area contributed by atoms with Gasteiger partial charge in [-0.3, -0.25) is 4.79 Å². The number of aliphatic imine (C=N–C) groups is 1. The molecule has 130 valence electrons. The lowest BCUT2D eigenvalue weighted by Gasteiger charge is -2.08. The van der Waals surface area contributed by atoms with Crippen molar-refractivity contribution in [1.82, 2.24) is 4.98 Å². The molecule has 2 heterocycles. The van der Waals surface area contributed by atoms with E-state index < -0.39 is 0 Å². The Morgan fingerprint density at radius 1 is 1.36 bits per heavy atom. The third kappa shape index (κ3) is 4.70. The predicted octanol–water partition coefficient (Wildman–Crippen LogP) is 2.94. The van der Waals surface area contributed by atoms with Crippen molar-refractivity contribution >= 4 is 29.2 Å². The summed E-state index contributed by atoms with van der Waals surface area (Å²) in [4.78, 5) is 20.7. The first-order chi connectivity index (χ1) is 12.0. The Balaban J connectivity index is 1.57. The van der Waals surface area contributed by atoms with Crippen LogP contribution in [0.2, 0.25) is 5.02 Å². The second-order valence-electron chi connectivity index (χ2n) is 5.93. The maximum atomic E-state index is 12.3. The van der Waals surface area contributed by atoms with Crippen LogP contribution in [0.25, 0.3) is 0 Å². The number of rotatable bonds is 5. The van der Waals surface area contributed by atoms with Crippen LogP contribution in [0.1, 0.15) is 28.2 Å². The Morgan fingerprint density at radius 3 is 2.76 bits per heavy atom. The van der Waals surface area contributed by atoms with Gasteiger partial charge in [0.25, 0.3) is 11.9 Å². The number of aryl methyl sites for hydroxylation is 2. The first-order valence-electron chi connectivity index (χ1n) is 8.00. The van der Waals surface area contributed by atoms with Gasteiger partial charge in [-0.1, -0.05) is 23.7 Å². The van der Waals surface area contributed by atoms with Gasteiger partial charge in [-0.05, 0) is 49.6 Å². The molecule has 1 amide bonds. The highest BCUT2D eigenvalue weighted by Gasteiger charge is 2.16. The number of nitrogens with zero attached hydrogens (tertiary/aromatic N) is 2. The van der Waals surface area contributed by atoms with E-state index >= 15 is 0 Å². The van der Waals surface area contributed by atoms with E-state index in [9.17, 15) is 4.79 Å². The number of halogens is 1. The lowest BCUT2D eigenvalue weighted by molar-refractivity contribution is 0.102. The van der Waals surface area contributed by atoms with Gasteiger partial charge in [-0.15, -0.1) is 0 Å². The Kier molecular flexibility index (Phi) is 5.19. The lowest BCUT2D eigenvalue weighted by atomic mass is 10.1. The fourth-order valence-electron chi connectivity index (χ4n) is 2.61. The third-order valence-electron chi connectivity index (χ3n) is 3.86. The van der Waals surface area contributed by atoms with E-state index in [2.05, 4.69) is 15.3 Å². The number of hydrogen-bond donors (Lipinski definition) is 2. The number of amides is 1. The number of nitrogens with two attached hydrogens (primary N) is 1. The zero-order valence-corrected chi connectivity index (χ0v) is 14.6. The maximum absolute atomic E-state index is 12.3. The van der Waals surface area contributed by atoms with Crippen LogP contribution in [0.5, 0.6) is 0 Å². The molecule has 0 aliphatic carbocycles. The zero-order valence-electron chi connectivity index (χ0n) is 13.8. The van der Waals surface area contributed by atoms with E-state index in [0.29, 0.717) is 28.7 Å². The van der Waals surface area contributed by atoms with Crippen molar-refractivity contribution in [3.8, 4) is 0 Å². The van der Waals surface area contributed by atoms with Crippen LogP contribution in [-0.2, 0) is 11.2 Å². The summed E-state index contributed by atoms with van der Waals surface area (Å²) in [5.74, 6) is -0.286. The normalized spacial score (nSPS) is 16.2. The lowest BCUT2D eigenvalue weighted by Crippen LogP contribution is -2.14. The number of nitrogens with one attached hydrogen (secondary N) is 1. The van der Waals surface area contributed by atoms with Crippen molar-refractivity contribution in [1.29, 1.82) is 0 Å². The zero-order chi connectivity index (χ0) is 17.8. The quantitative estimate of drug-likeness (QED) is 0.859. The summed E-state index contributed by atoms with van der Waals surface area (Å²) in [5.41, 5.74) is 8.37. The van der Waals surface area contributed by atoms with Gasteiger partial charge in [0.2, 0.25) is 0 Å². The van der Waals surface area contributed by atoms with Crippen LogP contribution >= 0.6 is 11.6 Å². The number of pyridine rings is 1. The number of anilines is 1. The van der Waals surface area contributed by atoms with Crippen LogP contribution in [0.15, 0.2) is 41.4 Å². The van der Waals surface area contributed by atoms with Gasteiger partial charge < -0.3 is 15.8 Å². The molecule has 0 saturated carbocycles. The predicted molar refractivity (Wildman–Crippen MR) is 98.1 cm³/mol.